The Labute approximate surface area is 117 Å². The highest BCUT2D eigenvalue weighted by molar-refractivity contribution is 7.09. The quantitative estimate of drug-likeness (QED) is 0.896. The fourth-order valence-electron chi connectivity index (χ4n) is 1.41. The van der Waals surface area contributed by atoms with Gasteiger partial charge < -0.3 is 10.0 Å². The number of nitrogens with zero attached hydrogens (tertiary/aromatic N) is 2. The minimum atomic E-state index is -0.900. The van der Waals surface area contributed by atoms with Crippen molar-refractivity contribution < 1.29 is 14.7 Å². The van der Waals surface area contributed by atoms with Gasteiger partial charge in [0, 0.05) is 24.4 Å². The summed E-state index contributed by atoms with van der Waals surface area (Å²) in [6, 6.07) is 0. The average Bonchev–Trinajstić information content (AvgIpc) is 2.73. The highest BCUT2D eigenvalue weighted by Gasteiger charge is 2.19. The van der Waals surface area contributed by atoms with E-state index in [-0.39, 0.29) is 30.7 Å². The molecule has 1 aromatic heterocycles. The predicted octanol–water partition coefficient (Wildman–Crippen LogP) is 1.92. The molecule has 0 saturated carbocycles. The Hall–Kier alpha value is -1.43. The summed E-state index contributed by atoms with van der Waals surface area (Å²) in [7, 11) is 1.61. The molecule has 1 aromatic rings. The molecule has 1 rings (SSSR count). The second-order valence-corrected chi connectivity index (χ2v) is 6.39. The van der Waals surface area contributed by atoms with E-state index in [4.69, 9.17) is 5.11 Å². The Morgan fingerprint density at radius 2 is 2.05 bits per heavy atom. The molecule has 0 saturated heterocycles. The first kappa shape index (κ1) is 15.6. The van der Waals surface area contributed by atoms with E-state index in [0.29, 0.717) is 0 Å². The summed E-state index contributed by atoms with van der Waals surface area (Å²) < 4.78 is 0. The number of hydrogen-bond acceptors (Lipinski definition) is 4. The van der Waals surface area contributed by atoms with Gasteiger partial charge in [0.2, 0.25) is 5.91 Å². The lowest BCUT2D eigenvalue weighted by Gasteiger charge is -2.15. The number of rotatable bonds is 5. The van der Waals surface area contributed by atoms with Gasteiger partial charge in [-0.05, 0) is 0 Å². The van der Waals surface area contributed by atoms with Crippen molar-refractivity contribution in [1.29, 1.82) is 0 Å². The minimum absolute atomic E-state index is 0.0127. The predicted molar refractivity (Wildman–Crippen MR) is 74.4 cm³/mol. The number of aliphatic carboxylic acids is 1. The van der Waals surface area contributed by atoms with Crippen LogP contribution in [-0.4, -0.2) is 40.5 Å². The standard InChI is InChI=1S/C13H20N2O3S/c1-13(2,3)12-14-9(8-19-12)7-10(16)15(4)6-5-11(17)18/h8H,5-7H2,1-4H3,(H,17,18). The van der Waals surface area contributed by atoms with Crippen molar-refractivity contribution in [3.63, 3.8) is 0 Å². The summed E-state index contributed by atoms with van der Waals surface area (Å²) in [5.41, 5.74) is 0.739. The van der Waals surface area contributed by atoms with E-state index in [0.717, 1.165) is 10.7 Å². The lowest BCUT2D eigenvalue weighted by atomic mass is 9.98. The number of carboxylic acid groups (broad SMARTS) is 1. The summed E-state index contributed by atoms with van der Waals surface area (Å²) in [6.07, 6.45) is 0.190. The number of carbonyl (C=O) groups excluding carboxylic acids is 1. The normalized spacial score (nSPS) is 11.4. The molecule has 5 nitrogen and oxygen atoms in total. The van der Waals surface area contributed by atoms with Crippen molar-refractivity contribution in [2.45, 2.75) is 39.0 Å². The van der Waals surface area contributed by atoms with Crippen molar-refractivity contribution in [1.82, 2.24) is 9.88 Å². The van der Waals surface area contributed by atoms with E-state index in [1.807, 2.05) is 5.38 Å². The molecule has 6 heteroatoms. The third kappa shape index (κ3) is 4.98. The second-order valence-electron chi connectivity index (χ2n) is 5.53. The van der Waals surface area contributed by atoms with E-state index < -0.39 is 5.97 Å². The Balaban J connectivity index is 2.57. The molecule has 0 unspecified atom stereocenters. The zero-order valence-electron chi connectivity index (χ0n) is 11.8. The number of likely N-dealkylation sites (N-methyl/N-ethyl adjacent to an activating group) is 1. The highest BCUT2D eigenvalue weighted by atomic mass is 32.1. The molecular weight excluding hydrogens is 264 g/mol. The molecule has 0 aliphatic rings. The van der Waals surface area contributed by atoms with Crippen LogP contribution < -0.4 is 0 Å². The maximum atomic E-state index is 11.9. The van der Waals surface area contributed by atoms with Crippen LogP contribution in [0.1, 0.15) is 37.9 Å². The molecule has 1 amide bonds. The van der Waals surface area contributed by atoms with Gasteiger partial charge in [0.1, 0.15) is 0 Å². The molecular formula is C13H20N2O3S. The van der Waals surface area contributed by atoms with E-state index in [9.17, 15) is 9.59 Å². The van der Waals surface area contributed by atoms with Crippen LogP contribution in [0.15, 0.2) is 5.38 Å². The average molecular weight is 284 g/mol. The smallest absolute Gasteiger partial charge is 0.305 e. The molecule has 0 bridgehead atoms. The molecule has 0 radical (unpaired) electrons. The van der Waals surface area contributed by atoms with Crippen molar-refractivity contribution in [3.8, 4) is 0 Å². The molecule has 0 spiro atoms. The van der Waals surface area contributed by atoms with Crippen LogP contribution in [0.25, 0.3) is 0 Å². The zero-order valence-corrected chi connectivity index (χ0v) is 12.6. The van der Waals surface area contributed by atoms with Gasteiger partial charge in [0.15, 0.2) is 0 Å². The van der Waals surface area contributed by atoms with Crippen LogP contribution in [0, 0.1) is 0 Å². The maximum absolute atomic E-state index is 11.9. The molecule has 1 N–H and O–H groups in total. The van der Waals surface area contributed by atoms with Crippen molar-refractivity contribution >= 4 is 23.2 Å². The molecule has 0 fully saturated rings. The fourth-order valence-corrected chi connectivity index (χ4v) is 2.32. The van der Waals surface area contributed by atoms with E-state index in [1.54, 1.807) is 18.4 Å². The molecule has 0 atom stereocenters. The Morgan fingerprint density at radius 3 is 2.53 bits per heavy atom. The van der Waals surface area contributed by atoms with Gasteiger partial charge >= 0.3 is 5.97 Å². The Bertz CT molecular complexity index is 463. The molecule has 1 heterocycles. The van der Waals surface area contributed by atoms with Gasteiger partial charge in [-0.15, -0.1) is 11.3 Å². The third-order valence-corrected chi connectivity index (χ3v) is 3.93. The van der Waals surface area contributed by atoms with Crippen LogP contribution in [-0.2, 0) is 21.4 Å². The first-order valence-corrected chi connectivity index (χ1v) is 6.98. The second kappa shape index (κ2) is 6.14. The van der Waals surface area contributed by atoms with Crippen LogP contribution in [0.3, 0.4) is 0 Å². The fraction of sp³-hybridized carbons (Fsp3) is 0.615. The van der Waals surface area contributed by atoms with Gasteiger partial charge in [-0.2, -0.15) is 0 Å². The Kier molecular flexibility index (Phi) is 5.05. The lowest BCUT2D eigenvalue weighted by Crippen LogP contribution is -2.30. The first-order chi connectivity index (χ1) is 8.70. The van der Waals surface area contributed by atoms with Crippen molar-refractivity contribution in [3.05, 3.63) is 16.1 Å². The van der Waals surface area contributed by atoms with E-state index in [2.05, 4.69) is 25.8 Å². The van der Waals surface area contributed by atoms with Crippen molar-refractivity contribution in [2.24, 2.45) is 0 Å². The SMILES string of the molecule is CN(CCC(=O)O)C(=O)Cc1csc(C(C)(C)C)n1. The molecule has 0 aliphatic carbocycles. The number of carboxylic acids is 1. The summed E-state index contributed by atoms with van der Waals surface area (Å²) in [5.74, 6) is -1.00. The molecule has 106 valence electrons. The van der Waals surface area contributed by atoms with Gasteiger partial charge in [0.25, 0.3) is 0 Å². The summed E-state index contributed by atoms with van der Waals surface area (Å²) in [4.78, 5) is 28.2. The number of aromatic nitrogens is 1. The Morgan fingerprint density at radius 1 is 1.42 bits per heavy atom. The number of thiazole rings is 1. The van der Waals surface area contributed by atoms with Gasteiger partial charge in [-0.25, -0.2) is 4.98 Å². The highest BCUT2D eigenvalue weighted by Crippen LogP contribution is 2.25. The van der Waals surface area contributed by atoms with E-state index in [1.165, 1.54) is 4.90 Å². The van der Waals surface area contributed by atoms with Gasteiger partial charge in [-0.1, -0.05) is 20.8 Å². The monoisotopic (exact) mass is 284 g/mol. The zero-order chi connectivity index (χ0) is 14.6. The topological polar surface area (TPSA) is 70.5 Å². The summed E-state index contributed by atoms with van der Waals surface area (Å²) >= 11 is 1.55. The lowest BCUT2D eigenvalue weighted by molar-refractivity contribution is -0.138. The first-order valence-electron chi connectivity index (χ1n) is 6.11. The van der Waals surface area contributed by atoms with Gasteiger partial charge in [-0.3, -0.25) is 9.59 Å². The van der Waals surface area contributed by atoms with Crippen LogP contribution in [0.5, 0.6) is 0 Å². The van der Waals surface area contributed by atoms with Gasteiger partial charge in [0.05, 0.1) is 23.5 Å². The van der Waals surface area contributed by atoms with Crippen LogP contribution in [0.2, 0.25) is 0 Å². The number of amides is 1. The largest absolute Gasteiger partial charge is 0.481 e. The summed E-state index contributed by atoms with van der Waals surface area (Å²) in [5, 5.41) is 11.5. The number of carbonyl (C=O) groups is 2. The summed E-state index contributed by atoms with van der Waals surface area (Å²) in [6.45, 7) is 6.47. The van der Waals surface area contributed by atoms with Crippen molar-refractivity contribution in [2.75, 3.05) is 13.6 Å². The van der Waals surface area contributed by atoms with Crippen LogP contribution >= 0.6 is 11.3 Å². The van der Waals surface area contributed by atoms with E-state index >= 15 is 0 Å². The number of hydrogen-bond donors (Lipinski definition) is 1. The molecule has 19 heavy (non-hydrogen) atoms. The molecule has 0 aliphatic heterocycles. The third-order valence-electron chi connectivity index (χ3n) is 2.61. The molecule has 0 aromatic carbocycles. The minimum Gasteiger partial charge on any atom is -0.481 e. The maximum Gasteiger partial charge on any atom is 0.305 e. The van der Waals surface area contributed by atoms with Crippen LogP contribution in [0.4, 0.5) is 0 Å².